The van der Waals surface area contributed by atoms with Gasteiger partial charge < -0.3 is 19.9 Å². The van der Waals surface area contributed by atoms with Crippen molar-refractivity contribution in [2.24, 2.45) is 5.73 Å². The molecule has 0 bridgehead atoms. The van der Waals surface area contributed by atoms with Crippen LogP contribution in [0.5, 0.6) is 11.5 Å². The first-order valence-electron chi connectivity index (χ1n) is 6.95. The highest BCUT2D eigenvalue weighted by Crippen LogP contribution is 2.33. The summed E-state index contributed by atoms with van der Waals surface area (Å²) in [6, 6.07) is 6.06. The van der Waals surface area contributed by atoms with Crippen LogP contribution < -0.4 is 15.2 Å². The van der Waals surface area contributed by atoms with E-state index in [1.165, 1.54) is 0 Å². The molecule has 0 spiro atoms. The first-order valence-corrected chi connectivity index (χ1v) is 6.95. The van der Waals surface area contributed by atoms with Crippen molar-refractivity contribution < 1.29 is 14.2 Å². The highest BCUT2D eigenvalue weighted by molar-refractivity contribution is 5.46. The highest BCUT2D eigenvalue weighted by atomic mass is 16.5. The van der Waals surface area contributed by atoms with Gasteiger partial charge in [-0.2, -0.15) is 0 Å². The van der Waals surface area contributed by atoms with Crippen molar-refractivity contribution in [3.05, 3.63) is 23.8 Å². The van der Waals surface area contributed by atoms with Crippen LogP contribution in [-0.2, 0) is 11.2 Å². The zero-order valence-electron chi connectivity index (χ0n) is 11.6. The van der Waals surface area contributed by atoms with E-state index in [-0.39, 0.29) is 6.10 Å². The highest BCUT2D eigenvalue weighted by Gasteiger charge is 2.18. The lowest BCUT2D eigenvalue weighted by molar-refractivity contribution is 0.0245. The largest absolute Gasteiger partial charge is 0.493 e. The average Bonchev–Trinajstić information content (AvgIpc) is 2.46. The van der Waals surface area contributed by atoms with E-state index in [0.29, 0.717) is 6.54 Å². The van der Waals surface area contributed by atoms with E-state index in [4.69, 9.17) is 19.9 Å². The fourth-order valence-electron chi connectivity index (χ4n) is 2.35. The molecular formula is C15H23NO3. The molecule has 0 unspecified atom stereocenters. The molecule has 4 heteroatoms. The minimum absolute atomic E-state index is 0.229. The maximum atomic E-state index is 6.06. The van der Waals surface area contributed by atoms with E-state index in [9.17, 15) is 0 Å². The van der Waals surface area contributed by atoms with Crippen LogP contribution in [0.2, 0.25) is 0 Å². The Labute approximate surface area is 114 Å². The maximum Gasteiger partial charge on any atom is 0.163 e. The van der Waals surface area contributed by atoms with Crippen molar-refractivity contribution in [2.75, 3.05) is 26.9 Å². The minimum Gasteiger partial charge on any atom is -0.493 e. The molecule has 1 fully saturated rings. The maximum absolute atomic E-state index is 6.06. The first kappa shape index (κ1) is 14.2. The van der Waals surface area contributed by atoms with Crippen molar-refractivity contribution >= 4 is 0 Å². The third-order valence-corrected chi connectivity index (χ3v) is 3.38. The molecule has 0 saturated carbocycles. The monoisotopic (exact) mass is 265 g/mol. The second kappa shape index (κ2) is 7.36. The van der Waals surface area contributed by atoms with E-state index < -0.39 is 0 Å². The number of hydrogen-bond acceptors (Lipinski definition) is 4. The van der Waals surface area contributed by atoms with E-state index in [2.05, 4.69) is 6.07 Å². The van der Waals surface area contributed by atoms with Gasteiger partial charge in [0.05, 0.1) is 20.3 Å². The Morgan fingerprint density at radius 3 is 2.79 bits per heavy atom. The molecule has 1 aromatic rings. The molecule has 1 aliphatic heterocycles. The van der Waals surface area contributed by atoms with Gasteiger partial charge in [0.1, 0.15) is 6.10 Å². The predicted octanol–water partition coefficient (Wildman–Crippen LogP) is 2.14. The summed E-state index contributed by atoms with van der Waals surface area (Å²) in [6.45, 7) is 2.24. The lowest BCUT2D eigenvalue weighted by atomic mass is 10.1. The summed E-state index contributed by atoms with van der Waals surface area (Å²) in [6.07, 6.45) is 3.99. The Morgan fingerprint density at radius 2 is 2.11 bits per heavy atom. The molecule has 0 radical (unpaired) electrons. The number of aryl methyl sites for hydroxylation is 1. The molecule has 2 rings (SSSR count). The van der Waals surface area contributed by atoms with Crippen LogP contribution in [0, 0.1) is 0 Å². The third kappa shape index (κ3) is 3.85. The van der Waals surface area contributed by atoms with E-state index in [1.807, 2.05) is 12.1 Å². The third-order valence-electron chi connectivity index (χ3n) is 3.38. The SMILES string of the molecule is COc1c(CCCN)cccc1OC1CCOCC1. The van der Waals surface area contributed by atoms with Gasteiger partial charge in [-0.15, -0.1) is 0 Å². The molecule has 19 heavy (non-hydrogen) atoms. The number of nitrogens with two attached hydrogens (primary N) is 1. The standard InChI is InChI=1S/C15H23NO3/c1-17-15-12(5-3-9-16)4-2-6-14(15)19-13-7-10-18-11-8-13/h2,4,6,13H,3,5,7-11,16H2,1H3. The predicted molar refractivity (Wildman–Crippen MR) is 74.8 cm³/mol. The van der Waals surface area contributed by atoms with Gasteiger partial charge >= 0.3 is 0 Å². The summed E-state index contributed by atoms with van der Waals surface area (Å²) in [5.74, 6) is 1.69. The molecule has 1 aliphatic rings. The molecule has 2 N–H and O–H groups in total. The normalized spacial score (nSPS) is 16.3. The number of ether oxygens (including phenoxy) is 3. The quantitative estimate of drug-likeness (QED) is 0.856. The van der Waals surface area contributed by atoms with Crippen molar-refractivity contribution in [3.63, 3.8) is 0 Å². The lowest BCUT2D eigenvalue weighted by Gasteiger charge is -2.24. The molecule has 4 nitrogen and oxygen atoms in total. The Hall–Kier alpha value is -1.26. The van der Waals surface area contributed by atoms with E-state index >= 15 is 0 Å². The number of methoxy groups -OCH3 is 1. The number of para-hydroxylation sites is 1. The fourth-order valence-corrected chi connectivity index (χ4v) is 2.35. The van der Waals surface area contributed by atoms with Gasteiger partial charge in [-0.3, -0.25) is 0 Å². The zero-order valence-corrected chi connectivity index (χ0v) is 11.6. The van der Waals surface area contributed by atoms with Crippen molar-refractivity contribution in [2.45, 2.75) is 31.8 Å². The summed E-state index contributed by atoms with van der Waals surface area (Å²) >= 11 is 0. The average molecular weight is 265 g/mol. The molecule has 0 aromatic heterocycles. The van der Waals surface area contributed by atoms with Crippen LogP contribution in [0.3, 0.4) is 0 Å². The minimum atomic E-state index is 0.229. The molecular weight excluding hydrogens is 242 g/mol. The van der Waals surface area contributed by atoms with E-state index in [1.54, 1.807) is 7.11 Å². The molecule has 1 heterocycles. The molecule has 1 saturated heterocycles. The Balaban J connectivity index is 2.09. The van der Waals surface area contributed by atoms with Crippen molar-refractivity contribution in [1.82, 2.24) is 0 Å². The molecule has 0 amide bonds. The summed E-state index contributed by atoms with van der Waals surface area (Å²) in [7, 11) is 1.69. The second-order valence-corrected chi connectivity index (χ2v) is 4.77. The van der Waals surface area contributed by atoms with Gasteiger partial charge in [0.2, 0.25) is 0 Å². The number of rotatable bonds is 6. The first-order chi connectivity index (χ1) is 9.35. The van der Waals surface area contributed by atoms with Gasteiger partial charge in [-0.05, 0) is 31.0 Å². The molecule has 0 aliphatic carbocycles. The number of benzene rings is 1. The van der Waals surface area contributed by atoms with Gasteiger partial charge in [0, 0.05) is 12.8 Å². The van der Waals surface area contributed by atoms with Gasteiger partial charge in [-0.1, -0.05) is 12.1 Å². The summed E-state index contributed by atoms with van der Waals surface area (Å²) in [5.41, 5.74) is 6.73. The van der Waals surface area contributed by atoms with Crippen molar-refractivity contribution in [1.29, 1.82) is 0 Å². The molecule has 106 valence electrons. The van der Waals surface area contributed by atoms with Gasteiger partial charge in [-0.25, -0.2) is 0 Å². The Bertz CT molecular complexity index is 389. The molecule has 1 aromatic carbocycles. The Morgan fingerprint density at radius 1 is 1.32 bits per heavy atom. The van der Waals surface area contributed by atoms with Crippen LogP contribution in [0.4, 0.5) is 0 Å². The van der Waals surface area contributed by atoms with Crippen LogP contribution >= 0.6 is 0 Å². The van der Waals surface area contributed by atoms with Crippen LogP contribution in [0.1, 0.15) is 24.8 Å². The topological polar surface area (TPSA) is 53.7 Å². The fraction of sp³-hybridized carbons (Fsp3) is 0.600. The van der Waals surface area contributed by atoms with Crippen LogP contribution in [-0.4, -0.2) is 33.0 Å². The van der Waals surface area contributed by atoms with Crippen LogP contribution in [0.15, 0.2) is 18.2 Å². The smallest absolute Gasteiger partial charge is 0.163 e. The summed E-state index contributed by atoms with van der Waals surface area (Å²) in [5, 5.41) is 0. The molecule has 0 atom stereocenters. The lowest BCUT2D eigenvalue weighted by Crippen LogP contribution is -2.26. The zero-order chi connectivity index (χ0) is 13.5. The summed E-state index contributed by atoms with van der Waals surface area (Å²) in [4.78, 5) is 0. The van der Waals surface area contributed by atoms with Gasteiger partial charge in [0.25, 0.3) is 0 Å². The van der Waals surface area contributed by atoms with Crippen molar-refractivity contribution in [3.8, 4) is 11.5 Å². The Kier molecular flexibility index (Phi) is 5.48. The summed E-state index contributed by atoms with van der Waals surface area (Å²) < 4.78 is 16.9. The van der Waals surface area contributed by atoms with Gasteiger partial charge in [0.15, 0.2) is 11.5 Å². The van der Waals surface area contributed by atoms with E-state index in [0.717, 1.165) is 56.0 Å². The number of hydrogen-bond donors (Lipinski definition) is 1. The van der Waals surface area contributed by atoms with Crippen LogP contribution in [0.25, 0.3) is 0 Å². The second-order valence-electron chi connectivity index (χ2n) is 4.77.